The van der Waals surface area contributed by atoms with Crippen LogP contribution in [0.3, 0.4) is 0 Å². The smallest absolute Gasteiger partial charge is 0.238 e. The fourth-order valence-corrected chi connectivity index (χ4v) is 3.14. The van der Waals surface area contributed by atoms with Gasteiger partial charge in [-0.1, -0.05) is 31.4 Å². The quantitative estimate of drug-likeness (QED) is 0.809. The van der Waals surface area contributed by atoms with Gasteiger partial charge in [-0.25, -0.2) is 13.6 Å². The van der Waals surface area contributed by atoms with Crippen LogP contribution in [0.15, 0.2) is 29.2 Å². The molecule has 4 nitrogen and oxygen atoms in total. The molecule has 0 radical (unpaired) electrons. The standard InChI is InChI=1S/C15H24N2O2S/c1-12(11-14-3-2-4-14)17-10-9-13-5-7-15(8-6-13)20(16,18)19/h5-8,12,14,17H,2-4,9-11H2,1H3,(H2,16,18,19). The second-order valence-electron chi connectivity index (χ2n) is 5.83. The van der Waals surface area contributed by atoms with E-state index in [0.29, 0.717) is 6.04 Å². The van der Waals surface area contributed by atoms with Crippen LogP contribution >= 0.6 is 0 Å². The van der Waals surface area contributed by atoms with Crippen molar-refractivity contribution in [3.05, 3.63) is 29.8 Å². The minimum Gasteiger partial charge on any atom is -0.314 e. The molecule has 1 aliphatic rings. The van der Waals surface area contributed by atoms with Crippen molar-refractivity contribution >= 4 is 10.0 Å². The fraction of sp³-hybridized carbons (Fsp3) is 0.600. The van der Waals surface area contributed by atoms with E-state index in [2.05, 4.69) is 12.2 Å². The Bertz CT molecular complexity index is 521. The molecule has 1 unspecified atom stereocenters. The second kappa shape index (κ2) is 6.70. The molecular weight excluding hydrogens is 272 g/mol. The van der Waals surface area contributed by atoms with E-state index in [-0.39, 0.29) is 4.90 Å². The van der Waals surface area contributed by atoms with E-state index in [4.69, 9.17) is 5.14 Å². The number of primary sulfonamides is 1. The van der Waals surface area contributed by atoms with Crippen LogP contribution in [-0.4, -0.2) is 21.0 Å². The van der Waals surface area contributed by atoms with Gasteiger partial charge in [0.2, 0.25) is 10.0 Å². The number of nitrogens with two attached hydrogens (primary N) is 1. The minimum atomic E-state index is -3.58. The third-order valence-corrected chi connectivity index (χ3v) is 5.00. The highest BCUT2D eigenvalue weighted by molar-refractivity contribution is 7.89. The molecule has 20 heavy (non-hydrogen) atoms. The summed E-state index contributed by atoms with van der Waals surface area (Å²) in [6, 6.07) is 7.37. The maximum atomic E-state index is 11.1. The van der Waals surface area contributed by atoms with Crippen LogP contribution in [0.25, 0.3) is 0 Å². The molecule has 0 bridgehead atoms. The molecule has 0 aliphatic heterocycles. The lowest BCUT2D eigenvalue weighted by Gasteiger charge is -2.28. The summed E-state index contributed by atoms with van der Waals surface area (Å²) in [5.41, 5.74) is 1.13. The first kappa shape index (κ1) is 15.5. The lowest BCUT2D eigenvalue weighted by Crippen LogP contribution is -2.31. The summed E-state index contributed by atoms with van der Waals surface area (Å²) in [6.45, 7) is 3.16. The van der Waals surface area contributed by atoms with Crippen LogP contribution < -0.4 is 10.5 Å². The monoisotopic (exact) mass is 296 g/mol. The number of nitrogens with one attached hydrogen (secondary N) is 1. The molecule has 0 saturated heterocycles. The number of sulfonamides is 1. The first-order chi connectivity index (χ1) is 9.45. The third-order valence-electron chi connectivity index (χ3n) is 4.07. The molecule has 2 rings (SSSR count). The van der Waals surface area contributed by atoms with Gasteiger partial charge >= 0.3 is 0 Å². The van der Waals surface area contributed by atoms with E-state index in [9.17, 15) is 8.42 Å². The summed E-state index contributed by atoms with van der Waals surface area (Å²) in [4.78, 5) is 0.174. The average molecular weight is 296 g/mol. The van der Waals surface area contributed by atoms with E-state index >= 15 is 0 Å². The molecule has 112 valence electrons. The van der Waals surface area contributed by atoms with Gasteiger partial charge in [-0.05, 0) is 49.9 Å². The van der Waals surface area contributed by atoms with Crippen LogP contribution in [0.1, 0.15) is 38.2 Å². The molecule has 1 atom stereocenters. The Hall–Kier alpha value is -0.910. The van der Waals surface area contributed by atoms with Gasteiger partial charge in [0.25, 0.3) is 0 Å². The van der Waals surface area contributed by atoms with Crippen molar-refractivity contribution in [1.82, 2.24) is 5.32 Å². The van der Waals surface area contributed by atoms with Crippen molar-refractivity contribution in [2.24, 2.45) is 11.1 Å². The second-order valence-corrected chi connectivity index (χ2v) is 7.39. The number of hydrogen-bond donors (Lipinski definition) is 2. The normalized spacial score (nSPS) is 17.7. The van der Waals surface area contributed by atoms with E-state index in [1.165, 1.54) is 25.7 Å². The van der Waals surface area contributed by atoms with Gasteiger partial charge in [0.15, 0.2) is 0 Å². The summed E-state index contributed by atoms with van der Waals surface area (Å²) in [5, 5.41) is 8.60. The van der Waals surface area contributed by atoms with E-state index < -0.39 is 10.0 Å². The minimum absolute atomic E-state index is 0.174. The molecule has 1 aromatic carbocycles. The predicted octanol–water partition coefficient (Wildman–Crippen LogP) is 2.04. The Morgan fingerprint density at radius 1 is 1.30 bits per heavy atom. The number of rotatable bonds is 7. The van der Waals surface area contributed by atoms with Crippen LogP contribution in [0.5, 0.6) is 0 Å². The Balaban J connectivity index is 1.73. The van der Waals surface area contributed by atoms with E-state index in [1.54, 1.807) is 12.1 Å². The molecule has 1 aliphatic carbocycles. The SMILES string of the molecule is CC(CC1CCC1)NCCc1ccc(S(N)(=O)=O)cc1. The lowest BCUT2D eigenvalue weighted by atomic mass is 9.81. The Kier molecular flexibility index (Phi) is 5.18. The van der Waals surface area contributed by atoms with Crippen molar-refractivity contribution in [3.63, 3.8) is 0 Å². The summed E-state index contributed by atoms with van der Waals surface area (Å²) in [6.07, 6.45) is 6.35. The van der Waals surface area contributed by atoms with Gasteiger partial charge in [0, 0.05) is 6.04 Å². The van der Waals surface area contributed by atoms with Crippen molar-refractivity contribution < 1.29 is 8.42 Å². The third kappa shape index (κ3) is 4.58. The maximum absolute atomic E-state index is 11.1. The van der Waals surface area contributed by atoms with Gasteiger partial charge in [-0.15, -0.1) is 0 Å². The van der Waals surface area contributed by atoms with Crippen molar-refractivity contribution in [1.29, 1.82) is 0 Å². The molecule has 1 aromatic rings. The van der Waals surface area contributed by atoms with Crippen molar-refractivity contribution in [2.45, 2.75) is 50.0 Å². The summed E-state index contributed by atoms with van der Waals surface area (Å²) >= 11 is 0. The molecule has 3 N–H and O–H groups in total. The zero-order chi connectivity index (χ0) is 14.6. The van der Waals surface area contributed by atoms with Gasteiger partial charge in [0.1, 0.15) is 0 Å². The van der Waals surface area contributed by atoms with Crippen molar-refractivity contribution in [3.8, 4) is 0 Å². The lowest BCUT2D eigenvalue weighted by molar-refractivity contribution is 0.266. The first-order valence-corrected chi connectivity index (χ1v) is 8.85. The molecule has 1 fully saturated rings. The topological polar surface area (TPSA) is 72.2 Å². The Morgan fingerprint density at radius 2 is 1.95 bits per heavy atom. The Labute approximate surface area is 121 Å². The van der Waals surface area contributed by atoms with E-state index in [0.717, 1.165) is 24.4 Å². The molecule has 0 spiro atoms. The largest absolute Gasteiger partial charge is 0.314 e. The number of hydrogen-bond acceptors (Lipinski definition) is 3. The fourth-order valence-electron chi connectivity index (χ4n) is 2.62. The van der Waals surface area contributed by atoms with Gasteiger partial charge in [0.05, 0.1) is 4.90 Å². The highest BCUT2D eigenvalue weighted by Gasteiger charge is 2.19. The summed E-state index contributed by atoms with van der Waals surface area (Å²) < 4.78 is 22.3. The molecular formula is C15H24N2O2S. The molecule has 1 saturated carbocycles. The average Bonchev–Trinajstić information content (AvgIpc) is 2.33. The summed E-state index contributed by atoms with van der Waals surface area (Å²) in [5.74, 6) is 0.923. The van der Waals surface area contributed by atoms with Crippen molar-refractivity contribution in [2.75, 3.05) is 6.54 Å². The summed E-state index contributed by atoms with van der Waals surface area (Å²) in [7, 11) is -3.58. The van der Waals surface area contributed by atoms with Gasteiger partial charge in [-0.2, -0.15) is 0 Å². The van der Waals surface area contributed by atoms with Gasteiger partial charge in [-0.3, -0.25) is 0 Å². The van der Waals surface area contributed by atoms with Crippen LogP contribution in [0, 0.1) is 5.92 Å². The molecule has 0 amide bonds. The van der Waals surface area contributed by atoms with Crippen LogP contribution in [-0.2, 0) is 16.4 Å². The highest BCUT2D eigenvalue weighted by Crippen LogP contribution is 2.30. The zero-order valence-corrected chi connectivity index (χ0v) is 12.8. The Morgan fingerprint density at radius 3 is 2.45 bits per heavy atom. The van der Waals surface area contributed by atoms with E-state index in [1.807, 2.05) is 12.1 Å². The highest BCUT2D eigenvalue weighted by atomic mass is 32.2. The molecule has 0 aromatic heterocycles. The maximum Gasteiger partial charge on any atom is 0.238 e. The zero-order valence-electron chi connectivity index (χ0n) is 12.0. The van der Waals surface area contributed by atoms with Gasteiger partial charge < -0.3 is 5.32 Å². The van der Waals surface area contributed by atoms with Crippen LogP contribution in [0.4, 0.5) is 0 Å². The predicted molar refractivity (Wildman–Crippen MR) is 80.9 cm³/mol. The first-order valence-electron chi connectivity index (χ1n) is 7.30. The molecule has 5 heteroatoms. The van der Waals surface area contributed by atoms with Crippen LogP contribution in [0.2, 0.25) is 0 Å². The molecule has 0 heterocycles. The number of benzene rings is 1.